The van der Waals surface area contributed by atoms with Gasteiger partial charge in [-0.25, -0.2) is 14.5 Å². The Morgan fingerprint density at radius 2 is 1.62 bits per heavy atom. The number of phenols is 1. The van der Waals surface area contributed by atoms with E-state index in [1.807, 2.05) is 24.8 Å². The van der Waals surface area contributed by atoms with Crippen molar-refractivity contribution in [1.29, 1.82) is 0 Å². The molecule has 1 aliphatic heterocycles. The van der Waals surface area contributed by atoms with Gasteiger partial charge in [-0.15, -0.1) is 11.3 Å². The van der Waals surface area contributed by atoms with Crippen LogP contribution in [-0.4, -0.2) is 48.6 Å². The number of piperidine rings is 1. The second-order valence-electron chi connectivity index (χ2n) is 12.9. The van der Waals surface area contributed by atoms with Crippen molar-refractivity contribution in [2.45, 2.75) is 85.0 Å². The van der Waals surface area contributed by atoms with Gasteiger partial charge in [0, 0.05) is 53.3 Å². The fourth-order valence-electron chi connectivity index (χ4n) is 5.41. The Hall–Kier alpha value is -3.26. The van der Waals surface area contributed by atoms with Gasteiger partial charge in [0.1, 0.15) is 5.75 Å². The number of aromatic hydroxyl groups is 1. The molecule has 0 saturated carbocycles. The zero-order valence-corrected chi connectivity index (χ0v) is 25.1. The van der Waals surface area contributed by atoms with E-state index in [0.717, 1.165) is 57.3 Å². The van der Waals surface area contributed by atoms with Gasteiger partial charge in [0.15, 0.2) is 5.65 Å². The Morgan fingerprint density at radius 1 is 1.00 bits per heavy atom. The summed E-state index contributed by atoms with van der Waals surface area (Å²) in [5, 5.41) is 18.8. The Morgan fingerprint density at radius 3 is 2.21 bits per heavy atom. The molecule has 0 spiro atoms. The third kappa shape index (κ3) is 5.19. The number of likely N-dealkylation sites (tertiary alicyclic amines) is 1. The molecular formula is C31H39N5O2S. The van der Waals surface area contributed by atoms with E-state index in [1.165, 1.54) is 0 Å². The van der Waals surface area contributed by atoms with Crippen LogP contribution in [0.5, 0.6) is 5.75 Å². The summed E-state index contributed by atoms with van der Waals surface area (Å²) in [6.45, 7) is 18.0. The zero-order valence-electron chi connectivity index (χ0n) is 24.3. The maximum atomic E-state index is 13.4. The van der Waals surface area contributed by atoms with Crippen LogP contribution >= 0.6 is 11.3 Å². The van der Waals surface area contributed by atoms with Crippen LogP contribution in [0.25, 0.3) is 16.9 Å². The van der Waals surface area contributed by atoms with Crippen molar-refractivity contribution in [3.63, 3.8) is 0 Å². The van der Waals surface area contributed by atoms with Crippen molar-refractivity contribution < 1.29 is 9.90 Å². The SMILES string of the molecule is Cc1cc2ncc(C(=O)N3CCC(c4nc(-c5cc(C(C)(C)C)c(O)c(C(C)(C)C)c5)cs4)CC3)c(C)n2n1. The lowest BCUT2D eigenvalue weighted by Crippen LogP contribution is -2.38. The largest absolute Gasteiger partial charge is 0.507 e. The van der Waals surface area contributed by atoms with Crippen molar-refractivity contribution in [2.75, 3.05) is 13.1 Å². The van der Waals surface area contributed by atoms with E-state index < -0.39 is 0 Å². The standard InChI is InChI=1S/C31H39N5O2S/c1-18-13-26-32-16-22(19(2)36(26)34-18)29(38)35-11-9-20(10-12-35)28-33-25(17-39-28)21-14-23(30(3,4)5)27(37)24(15-21)31(6,7)8/h13-17,20,37H,9-12H2,1-8H3. The average molecular weight is 546 g/mol. The van der Waals surface area contributed by atoms with Crippen LogP contribution in [0.1, 0.15) is 98.2 Å². The topological polar surface area (TPSA) is 83.6 Å². The second-order valence-corrected chi connectivity index (χ2v) is 13.8. The van der Waals surface area contributed by atoms with Crippen molar-refractivity contribution in [3.05, 3.63) is 62.9 Å². The number of carbonyl (C=O) groups is 1. The molecular weight excluding hydrogens is 506 g/mol. The third-order valence-corrected chi connectivity index (χ3v) is 8.76. The van der Waals surface area contributed by atoms with Gasteiger partial charge in [-0.2, -0.15) is 5.10 Å². The number of thiazole rings is 1. The summed E-state index contributed by atoms with van der Waals surface area (Å²) in [4.78, 5) is 24.8. The van der Waals surface area contributed by atoms with Crippen LogP contribution in [-0.2, 0) is 10.8 Å². The van der Waals surface area contributed by atoms with Crippen molar-refractivity contribution >= 4 is 22.9 Å². The summed E-state index contributed by atoms with van der Waals surface area (Å²) in [6.07, 6.45) is 3.44. The highest BCUT2D eigenvalue weighted by Crippen LogP contribution is 2.42. The normalized spacial score (nSPS) is 15.3. The van der Waals surface area contributed by atoms with Crippen LogP contribution < -0.4 is 0 Å². The molecule has 206 valence electrons. The monoisotopic (exact) mass is 545 g/mol. The quantitative estimate of drug-likeness (QED) is 0.306. The minimum absolute atomic E-state index is 0.0156. The summed E-state index contributed by atoms with van der Waals surface area (Å²) >= 11 is 1.70. The van der Waals surface area contributed by atoms with E-state index in [-0.39, 0.29) is 16.7 Å². The fourth-order valence-corrected chi connectivity index (χ4v) is 6.41. The second kappa shape index (κ2) is 9.73. The molecule has 1 amide bonds. The molecule has 0 unspecified atom stereocenters. The predicted octanol–water partition coefficient (Wildman–Crippen LogP) is 6.79. The van der Waals surface area contributed by atoms with Gasteiger partial charge in [0.05, 0.1) is 27.7 Å². The van der Waals surface area contributed by atoms with Crippen LogP contribution in [0.3, 0.4) is 0 Å². The number of aryl methyl sites for hydroxylation is 2. The molecule has 1 fully saturated rings. The number of benzene rings is 1. The Bertz CT molecular complexity index is 1510. The van der Waals surface area contributed by atoms with E-state index in [1.54, 1.807) is 22.0 Å². The number of carbonyl (C=O) groups excluding carboxylic acids is 1. The summed E-state index contributed by atoms with van der Waals surface area (Å²) < 4.78 is 1.76. The summed E-state index contributed by atoms with van der Waals surface area (Å²) in [7, 11) is 0. The number of hydrogen-bond acceptors (Lipinski definition) is 6. The summed E-state index contributed by atoms with van der Waals surface area (Å²) in [6, 6.07) is 6.11. The molecule has 1 aromatic carbocycles. The molecule has 1 N–H and O–H groups in total. The molecule has 3 aromatic heterocycles. The minimum Gasteiger partial charge on any atom is -0.507 e. The van der Waals surface area contributed by atoms with Crippen LogP contribution in [0.4, 0.5) is 0 Å². The Balaban J connectivity index is 1.34. The Labute approximate surface area is 234 Å². The van der Waals surface area contributed by atoms with Crippen molar-refractivity contribution in [2.24, 2.45) is 0 Å². The number of fused-ring (bicyclic) bond motifs is 1. The van der Waals surface area contributed by atoms with Crippen LogP contribution in [0.15, 0.2) is 29.8 Å². The molecule has 1 saturated heterocycles. The molecule has 5 rings (SSSR count). The first-order chi connectivity index (χ1) is 18.2. The van der Waals surface area contributed by atoms with E-state index in [2.05, 4.69) is 69.1 Å². The molecule has 4 aromatic rings. The molecule has 7 nitrogen and oxygen atoms in total. The van der Waals surface area contributed by atoms with E-state index in [9.17, 15) is 9.90 Å². The van der Waals surface area contributed by atoms with Gasteiger partial charge in [-0.05, 0) is 49.7 Å². The van der Waals surface area contributed by atoms with Crippen molar-refractivity contribution in [3.8, 4) is 17.0 Å². The van der Waals surface area contributed by atoms with Gasteiger partial charge in [-0.1, -0.05) is 41.5 Å². The number of phenolic OH excluding ortho intramolecular Hbond substituents is 1. The van der Waals surface area contributed by atoms with E-state index >= 15 is 0 Å². The number of amides is 1. The van der Waals surface area contributed by atoms with Gasteiger partial charge in [0.2, 0.25) is 0 Å². The number of hydrogen-bond donors (Lipinski definition) is 1. The van der Waals surface area contributed by atoms with E-state index in [0.29, 0.717) is 30.3 Å². The van der Waals surface area contributed by atoms with E-state index in [4.69, 9.17) is 4.98 Å². The molecule has 39 heavy (non-hydrogen) atoms. The Kier molecular flexibility index (Phi) is 6.82. The lowest BCUT2D eigenvalue weighted by atomic mass is 9.78. The first-order valence-electron chi connectivity index (χ1n) is 13.7. The fraction of sp³-hybridized carbons (Fsp3) is 0.484. The zero-order chi connectivity index (χ0) is 28.3. The maximum Gasteiger partial charge on any atom is 0.257 e. The highest BCUT2D eigenvalue weighted by atomic mass is 32.1. The smallest absolute Gasteiger partial charge is 0.257 e. The first kappa shape index (κ1) is 27.3. The van der Waals surface area contributed by atoms with Gasteiger partial charge >= 0.3 is 0 Å². The summed E-state index contributed by atoms with van der Waals surface area (Å²) in [5.74, 6) is 0.727. The van der Waals surface area contributed by atoms with Gasteiger partial charge in [-0.3, -0.25) is 4.79 Å². The molecule has 0 bridgehead atoms. The molecule has 4 heterocycles. The average Bonchev–Trinajstić information content (AvgIpc) is 3.50. The predicted molar refractivity (Wildman–Crippen MR) is 157 cm³/mol. The summed E-state index contributed by atoms with van der Waals surface area (Å²) in [5.41, 5.74) is 6.59. The number of nitrogens with zero attached hydrogens (tertiary/aromatic N) is 5. The van der Waals surface area contributed by atoms with Crippen molar-refractivity contribution in [1.82, 2.24) is 24.5 Å². The van der Waals surface area contributed by atoms with Gasteiger partial charge < -0.3 is 10.0 Å². The lowest BCUT2D eigenvalue weighted by Gasteiger charge is -2.31. The first-order valence-corrected chi connectivity index (χ1v) is 14.6. The van der Waals surface area contributed by atoms with Gasteiger partial charge in [0.25, 0.3) is 5.91 Å². The highest BCUT2D eigenvalue weighted by Gasteiger charge is 2.30. The maximum absolute atomic E-state index is 13.4. The minimum atomic E-state index is -0.188. The number of rotatable bonds is 3. The van der Waals surface area contributed by atoms with Crippen LogP contribution in [0.2, 0.25) is 0 Å². The third-order valence-electron chi connectivity index (χ3n) is 7.75. The van der Waals surface area contributed by atoms with Crippen LogP contribution in [0, 0.1) is 13.8 Å². The molecule has 0 atom stereocenters. The number of aromatic nitrogens is 4. The molecule has 8 heteroatoms. The lowest BCUT2D eigenvalue weighted by molar-refractivity contribution is 0.0711. The molecule has 1 aliphatic rings. The molecule has 0 radical (unpaired) electrons. The molecule has 0 aliphatic carbocycles. The highest BCUT2D eigenvalue weighted by molar-refractivity contribution is 7.10.